The third kappa shape index (κ3) is 9.09. The van der Waals surface area contributed by atoms with Gasteiger partial charge in [-0.1, -0.05) is 58.0 Å². The molecule has 0 saturated carbocycles. The van der Waals surface area contributed by atoms with E-state index >= 15 is 0 Å². The number of hydrogen-bond donors (Lipinski definition) is 2. The van der Waals surface area contributed by atoms with Crippen LogP contribution in [0.5, 0.6) is 0 Å². The molecular weight excluding hydrogens is 427 g/mol. The molecule has 1 aromatic carbocycles. The van der Waals surface area contributed by atoms with Crippen LogP contribution < -0.4 is 10.6 Å². The molecule has 1 rings (SSSR count). The molecule has 6 heteroatoms. The van der Waals surface area contributed by atoms with E-state index < -0.39 is 0 Å². The van der Waals surface area contributed by atoms with Crippen molar-refractivity contribution in [2.75, 3.05) is 33.7 Å². The zero-order chi connectivity index (χ0) is 18.2. The van der Waals surface area contributed by atoms with Crippen molar-refractivity contribution < 1.29 is 4.79 Å². The fraction of sp³-hybridized carbons (Fsp3) is 0.579. The first-order chi connectivity index (χ1) is 11.2. The number of nitrogens with zero attached hydrogens (tertiary/aromatic N) is 2. The quantitative estimate of drug-likeness (QED) is 0.374. The summed E-state index contributed by atoms with van der Waals surface area (Å²) >= 11 is 0. The lowest BCUT2D eigenvalue weighted by Gasteiger charge is -2.27. The zero-order valence-corrected chi connectivity index (χ0v) is 18.6. The number of amides is 1. The molecule has 0 radical (unpaired) electrons. The van der Waals surface area contributed by atoms with Gasteiger partial charge in [-0.05, 0) is 11.5 Å². The number of hydrogen-bond acceptors (Lipinski definition) is 2. The number of guanidine groups is 1. The van der Waals surface area contributed by atoms with Crippen molar-refractivity contribution in [1.82, 2.24) is 15.5 Å². The smallest absolute Gasteiger partial charge is 0.243 e. The van der Waals surface area contributed by atoms with Crippen molar-refractivity contribution in [3.63, 3.8) is 0 Å². The molecule has 0 aliphatic carbocycles. The van der Waals surface area contributed by atoms with Crippen molar-refractivity contribution in [1.29, 1.82) is 0 Å². The average Bonchev–Trinajstić information content (AvgIpc) is 2.54. The summed E-state index contributed by atoms with van der Waals surface area (Å²) in [5.74, 6) is 1.18. The number of nitrogens with one attached hydrogen (secondary N) is 2. The first kappa shape index (κ1) is 23.7. The van der Waals surface area contributed by atoms with E-state index in [1.165, 1.54) is 5.56 Å². The monoisotopic (exact) mass is 460 g/mol. The number of halogens is 1. The van der Waals surface area contributed by atoms with Gasteiger partial charge in [-0.2, -0.15) is 0 Å². The van der Waals surface area contributed by atoms with E-state index in [9.17, 15) is 4.79 Å². The van der Waals surface area contributed by atoms with E-state index in [4.69, 9.17) is 0 Å². The van der Waals surface area contributed by atoms with Crippen LogP contribution in [0.1, 0.15) is 33.3 Å². The summed E-state index contributed by atoms with van der Waals surface area (Å²) in [7, 11) is 3.48. The van der Waals surface area contributed by atoms with Crippen molar-refractivity contribution in [2.24, 2.45) is 10.9 Å². The molecule has 0 spiro atoms. The van der Waals surface area contributed by atoms with E-state index in [0.29, 0.717) is 11.9 Å². The van der Waals surface area contributed by atoms with E-state index in [1.54, 1.807) is 19.0 Å². The summed E-state index contributed by atoms with van der Waals surface area (Å²) in [6.07, 6.45) is 0. The Morgan fingerprint density at radius 2 is 1.76 bits per heavy atom. The molecule has 0 atom stereocenters. The molecule has 25 heavy (non-hydrogen) atoms. The number of likely N-dealkylation sites (N-methyl/N-ethyl adjacent to an activating group) is 1. The lowest BCUT2D eigenvalue weighted by Crippen LogP contribution is -2.45. The zero-order valence-electron chi connectivity index (χ0n) is 16.3. The minimum Gasteiger partial charge on any atom is -0.356 e. The molecule has 1 amide bonds. The van der Waals surface area contributed by atoms with Crippen molar-refractivity contribution in [3.05, 3.63) is 35.9 Å². The van der Waals surface area contributed by atoms with Crippen LogP contribution in [-0.2, 0) is 10.2 Å². The van der Waals surface area contributed by atoms with Gasteiger partial charge < -0.3 is 15.5 Å². The van der Waals surface area contributed by atoms with E-state index in [0.717, 1.165) is 13.1 Å². The van der Waals surface area contributed by atoms with Crippen LogP contribution in [0, 0.1) is 5.92 Å². The van der Waals surface area contributed by atoms with Crippen LogP contribution in [0.25, 0.3) is 0 Å². The first-order valence-corrected chi connectivity index (χ1v) is 8.50. The summed E-state index contributed by atoms with van der Waals surface area (Å²) in [4.78, 5) is 17.7. The minimum atomic E-state index is -0.0346. The second-order valence-electron chi connectivity index (χ2n) is 7.33. The fourth-order valence-electron chi connectivity index (χ4n) is 2.06. The summed E-state index contributed by atoms with van der Waals surface area (Å²) in [6.45, 7) is 10.4. The number of rotatable bonds is 7. The molecule has 0 aromatic heterocycles. The van der Waals surface area contributed by atoms with Crippen molar-refractivity contribution in [3.8, 4) is 0 Å². The van der Waals surface area contributed by atoms with Crippen molar-refractivity contribution in [2.45, 2.75) is 33.1 Å². The number of carbonyl (C=O) groups is 1. The Bertz CT molecular complexity index is 542. The van der Waals surface area contributed by atoms with Gasteiger partial charge in [-0.3, -0.25) is 4.79 Å². The lowest BCUT2D eigenvalue weighted by molar-refractivity contribution is -0.127. The molecule has 0 saturated heterocycles. The molecule has 2 N–H and O–H groups in total. The van der Waals surface area contributed by atoms with Gasteiger partial charge in [0.25, 0.3) is 0 Å². The number of benzene rings is 1. The maximum Gasteiger partial charge on any atom is 0.243 e. The molecule has 0 aliphatic heterocycles. The van der Waals surface area contributed by atoms with Crippen LogP contribution in [0.3, 0.4) is 0 Å². The highest BCUT2D eigenvalue weighted by atomic mass is 127. The Hall–Kier alpha value is -1.31. The molecule has 0 fully saturated rings. The Morgan fingerprint density at radius 3 is 2.28 bits per heavy atom. The van der Waals surface area contributed by atoms with Crippen LogP contribution in [-0.4, -0.2) is 50.5 Å². The second kappa shape index (κ2) is 11.3. The van der Waals surface area contributed by atoms with Gasteiger partial charge in [-0.25, -0.2) is 4.99 Å². The SMILES string of the molecule is CC(C)CNC(=NCC(=O)N(C)C)NCC(C)(C)c1ccccc1.I. The Labute approximate surface area is 169 Å². The largest absolute Gasteiger partial charge is 0.356 e. The average molecular weight is 460 g/mol. The molecule has 0 bridgehead atoms. The van der Waals surface area contributed by atoms with E-state index in [1.807, 2.05) is 6.07 Å². The van der Waals surface area contributed by atoms with Gasteiger partial charge in [0, 0.05) is 32.6 Å². The fourth-order valence-corrected chi connectivity index (χ4v) is 2.06. The number of aliphatic imine (C=N–C) groups is 1. The predicted octanol–water partition coefficient (Wildman–Crippen LogP) is 2.86. The van der Waals surface area contributed by atoms with Gasteiger partial charge in [-0.15, -0.1) is 24.0 Å². The maximum atomic E-state index is 11.8. The van der Waals surface area contributed by atoms with Crippen LogP contribution in [0.2, 0.25) is 0 Å². The normalized spacial score (nSPS) is 11.7. The highest BCUT2D eigenvalue weighted by Crippen LogP contribution is 2.21. The molecular formula is C19H33IN4O. The first-order valence-electron chi connectivity index (χ1n) is 8.50. The highest BCUT2D eigenvalue weighted by molar-refractivity contribution is 14.0. The van der Waals surface area contributed by atoms with Crippen molar-refractivity contribution >= 4 is 35.8 Å². The summed E-state index contributed by atoms with van der Waals surface area (Å²) < 4.78 is 0. The van der Waals surface area contributed by atoms with E-state index in [2.05, 4.69) is 67.6 Å². The molecule has 0 aliphatic rings. The highest BCUT2D eigenvalue weighted by Gasteiger charge is 2.20. The third-order valence-electron chi connectivity index (χ3n) is 3.80. The lowest BCUT2D eigenvalue weighted by atomic mass is 9.85. The van der Waals surface area contributed by atoms with Gasteiger partial charge in [0.2, 0.25) is 5.91 Å². The van der Waals surface area contributed by atoms with Crippen LogP contribution >= 0.6 is 24.0 Å². The summed E-state index contributed by atoms with van der Waals surface area (Å²) in [6, 6.07) is 10.4. The van der Waals surface area contributed by atoms with E-state index in [-0.39, 0.29) is 41.8 Å². The Morgan fingerprint density at radius 1 is 1.16 bits per heavy atom. The molecule has 0 heterocycles. The topological polar surface area (TPSA) is 56.7 Å². The van der Waals surface area contributed by atoms with Crippen LogP contribution in [0.4, 0.5) is 0 Å². The van der Waals surface area contributed by atoms with Gasteiger partial charge in [0.05, 0.1) is 0 Å². The molecule has 0 unspecified atom stereocenters. The minimum absolute atomic E-state index is 0. The van der Waals surface area contributed by atoms with Gasteiger partial charge >= 0.3 is 0 Å². The number of carbonyl (C=O) groups excluding carboxylic acids is 1. The third-order valence-corrected chi connectivity index (χ3v) is 3.80. The summed E-state index contributed by atoms with van der Waals surface area (Å²) in [5.41, 5.74) is 1.23. The predicted molar refractivity (Wildman–Crippen MR) is 117 cm³/mol. The molecule has 1 aromatic rings. The Kier molecular flexibility index (Phi) is 10.7. The second-order valence-corrected chi connectivity index (χ2v) is 7.33. The van der Waals surface area contributed by atoms with Gasteiger partial charge in [0.15, 0.2) is 5.96 Å². The van der Waals surface area contributed by atoms with Crippen LogP contribution in [0.15, 0.2) is 35.3 Å². The van der Waals surface area contributed by atoms with Gasteiger partial charge in [0.1, 0.15) is 6.54 Å². The maximum absolute atomic E-state index is 11.8. The molecule has 5 nitrogen and oxygen atoms in total. The standard InChI is InChI=1S/C19H32N4O.HI/c1-15(2)12-20-18(21-13-17(24)23(5)6)22-14-19(3,4)16-10-8-7-9-11-16;/h7-11,15H,12-14H2,1-6H3,(H2,20,21,22);1H. The Balaban J connectivity index is 0.00000576. The molecule has 142 valence electrons. The summed E-state index contributed by atoms with van der Waals surface area (Å²) in [5, 5.41) is 6.68.